The molecule has 0 N–H and O–H groups in total. The van der Waals surface area contributed by atoms with Gasteiger partial charge in [-0.2, -0.15) is 0 Å². The number of benzene rings is 1. The van der Waals surface area contributed by atoms with Crippen LogP contribution in [0.5, 0.6) is 5.88 Å². The van der Waals surface area contributed by atoms with Crippen LogP contribution in [-0.4, -0.2) is 11.0 Å². The van der Waals surface area contributed by atoms with E-state index in [4.69, 9.17) is 4.74 Å². The molecule has 1 atom stereocenters. The fourth-order valence-corrected chi connectivity index (χ4v) is 2.72. The third kappa shape index (κ3) is 3.86. The Labute approximate surface area is 137 Å². The smallest absolute Gasteiger partial charge is 0.315 e. The number of carbonyl (C=O) groups is 1. The average Bonchev–Trinajstić information content (AvgIpc) is 2.57. The molecule has 23 heavy (non-hydrogen) atoms. The van der Waals surface area contributed by atoms with E-state index in [0.717, 1.165) is 30.4 Å². The quantitative estimate of drug-likeness (QED) is 0.609. The number of nitrogens with zero attached hydrogens (tertiary/aromatic N) is 1. The number of ether oxygens (including phenoxy) is 1. The highest BCUT2D eigenvalue weighted by Crippen LogP contribution is 2.25. The van der Waals surface area contributed by atoms with Crippen LogP contribution in [0, 0.1) is 12.8 Å². The van der Waals surface area contributed by atoms with Gasteiger partial charge in [0, 0.05) is 17.8 Å². The predicted octanol–water partition coefficient (Wildman–Crippen LogP) is 4.71. The predicted molar refractivity (Wildman–Crippen MR) is 91.1 cm³/mol. The lowest BCUT2D eigenvalue weighted by atomic mass is 9.90. The monoisotopic (exact) mass is 307 g/mol. The van der Waals surface area contributed by atoms with Crippen molar-refractivity contribution >= 4 is 5.97 Å². The number of hydrogen-bond donors (Lipinski definition) is 0. The highest BCUT2D eigenvalue weighted by Gasteiger charge is 2.22. The minimum absolute atomic E-state index is 0.0442. The second-order valence-electron chi connectivity index (χ2n) is 6.19. The summed E-state index contributed by atoms with van der Waals surface area (Å²) in [4.78, 5) is 16.4. The molecule has 1 aromatic carbocycles. The van der Waals surface area contributed by atoms with Gasteiger partial charge >= 0.3 is 5.97 Å². The van der Waals surface area contributed by atoms with Crippen molar-refractivity contribution in [1.29, 1.82) is 0 Å². The molecule has 0 bridgehead atoms. The van der Waals surface area contributed by atoms with Gasteiger partial charge in [-0.15, -0.1) is 0 Å². The van der Waals surface area contributed by atoms with Gasteiger partial charge < -0.3 is 4.74 Å². The number of aromatic nitrogens is 1. The summed E-state index contributed by atoms with van der Waals surface area (Å²) in [5.74, 6) is 0.152. The number of esters is 1. The number of rotatable bonds is 3. The molecule has 0 spiro atoms. The number of hydrogen-bond acceptors (Lipinski definition) is 3. The number of carbonyl (C=O) groups excluding carboxylic acids is 1. The van der Waals surface area contributed by atoms with Crippen molar-refractivity contribution in [3.05, 3.63) is 59.8 Å². The molecule has 0 radical (unpaired) electrons. The number of pyridine rings is 1. The Morgan fingerprint density at radius 1 is 1.09 bits per heavy atom. The average molecular weight is 307 g/mol. The van der Waals surface area contributed by atoms with E-state index >= 15 is 0 Å². The van der Waals surface area contributed by atoms with Gasteiger partial charge in [0.1, 0.15) is 0 Å². The summed E-state index contributed by atoms with van der Waals surface area (Å²) in [5.41, 5.74) is 4.70. The molecule has 2 aromatic rings. The summed E-state index contributed by atoms with van der Waals surface area (Å²) in [6.07, 6.45) is 6.48. The van der Waals surface area contributed by atoms with Crippen molar-refractivity contribution in [3.8, 4) is 17.0 Å². The topological polar surface area (TPSA) is 39.2 Å². The molecule has 1 aromatic heterocycles. The molecular formula is C20H21NO2. The SMILES string of the molecule is CC1=CCC(C(=O)Oc2ccc(-c3ccc(C)cc3)cn2)CC1. The highest BCUT2D eigenvalue weighted by molar-refractivity contribution is 5.75. The van der Waals surface area contributed by atoms with Crippen molar-refractivity contribution in [1.82, 2.24) is 4.98 Å². The molecule has 0 amide bonds. The molecule has 3 rings (SSSR count). The first kappa shape index (κ1) is 15.5. The van der Waals surface area contributed by atoms with E-state index in [9.17, 15) is 4.79 Å². The first-order valence-corrected chi connectivity index (χ1v) is 8.02. The zero-order valence-corrected chi connectivity index (χ0v) is 13.6. The molecule has 3 heteroatoms. The highest BCUT2D eigenvalue weighted by atomic mass is 16.5. The van der Waals surface area contributed by atoms with Crippen molar-refractivity contribution < 1.29 is 9.53 Å². The minimum atomic E-state index is -0.177. The van der Waals surface area contributed by atoms with Crippen LogP contribution in [0.25, 0.3) is 11.1 Å². The fraction of sp³-hybridized carbons (Fsp3) is 0.300. The molecule has 1 aliphatic carbocycles. The Morgan fingerprint density at radius 3 is 2.43 bits per heavy atom. The van der Waals surface area contributed by atoms with Gasteiger partial charge in [0.15, 0.2) is 0 Å². The minimum Gasteiger partial charge on any atom is -0.407 e. The van der Waals surface area contributed by atoms with Gasteiger partial charge in [0.05, 0.1) is 5.92 Å². The van der Waals surface area contributed by atoms with Crippen LogP contribution in [0.4, 0.5) is 0 Å². The Hall–Kier alpha value is -2.42. The summed E-state index contributed by atoms with van der Waals surface area (Å²) in [5, 5.41) is 0. The lowest BCUT2D eigenvalue weighted by Gasteiger charge is -2.18. The van der Waals surface area contributed by atoms with Crippen LogP contribution >= 0.6 is 0 Å². The first-order chi connectivity index (χ1) is 11.1. The number of allylic oxidation sites excluding steroid dienone is 2. The first-order valence-electron chi connectivity index (χ1n) is 8.02. The Kier molecular flexibility index (Phi) is 4.56. The standard InChI is InChI=1S/C20H21NO2/c1-14-3-7-16(8-4-14)18-11-12-19(21-13-18)23-20(22)17-9-5-15(2)6-10-17/h3-5,7-8,11-13,17H,6,9-10H2,1-2H3. The molecule has 0 aliphatic heterocycles. The van der Waals surface area contributed by atoms with Crippen LogP contribution in [0.2, 0.25) is 0 Å². The summed E-state index contributed by atoms with van der Waals surface area (Å²) in [6.45, 7) is 4.17. The second kappa shape index (κ2) is 6.78. The molecule has 0 fully saturated rings. The van der Waals surface area contributed by atoms with Crippen molar-refractivity contribution in [2.75, 3.05) is 0 Å². The largest absolute Gasteiger partial charge is 0.407 e. The normalized spacial score (nSPS) is 17.5. The van der Waals surface area contributed by atoms with Crippen LogP contribution in [-0.2, 0) is 4.79 Å². The zero-order valence-electron chi connectivity index (χ0n) is 13.6. The molecule has 0 saturated carbocycles. The Balaban J connectivity index is 1.65. The van der Waals surface area contributed by atoms with Gasteiger partial charge in [0.2, 0.25) is 5.88 Å². The van der Waals surface area contributed by atoms with E-state index in [1.54, 1.807) is 12.3 Å². The van der Waals surface area contributed by atoms with Gasteiger partial charge in [0.25, 0.3) is 0 Å². The van der Waals surface area contributed by atoms with Crippen molar-refractivity contribution in [3.63, 3.8) is 0 Å². The van der Waals surface area contributed by atoms with Crippen LogP contribution in [0.1, 0.15) is 31.7 Å². The van der Waals surface area contributed by atoms with E-state index in [1.165, 1.54) is 11.1 Å². The summed E-state index contributed by atoms with van der Waals surface area (Å²) < 4.78 is 5.42. The van der Waals surface area contributed by atoms with Crippen molar-refractivity contribution in [2.45, 2.75) is 33.1 Å². The Bertz CT molecular complexity index is 714. The third-order valence-corrected chi connectivity index (χ3v) is 4.30. The summed E-state index contributed by atoms with van der Waals surface area (Å²) in [7, 11) is 0. The molecule has 3 nitrogen and oxygen atoms in total. The van der Waals surface area contributed by atoms with Crippen LogP contribution < -0.4 is 4.74 Å². The lowest BCUT2D eigenvalue weighted by Crippen LogP contribution is -2.22. The number of aryl methyl sites for hydroxylation is 1. The van der Waals surface area contributed by atoms with Gasteiger partial charge in [-0.25, -0.2) is 4.98 Å². The van der Waals surface area contributed by atoms with Crippen molar-refractivity contribution in [2.24, 2.45) is 5.92 Å². The van der Waals surface area contributed by atoms with Gasteiger partial charge in [-0.3, -0.25) is 4.79 Å². The van der Waals surface area contributed by atoms with E-state index in [0.29, 0.717) is 5.88 Å². The molecule has 1 aliphatic rings. The second-order valence-corrected chi connectivity index (χ2v) is 6.19. The zero-order chi connectivity index (χ0) is 16.2. The Morgan fingerprint density at radius 2 is 1.83 bits per heavy atom. The molecule has 1 heterocycles. The third-order valence-electron chi connectivity index (χ3n) is 4.30. The van der Waals surface area contributed by atoms with E-state index in [1.807, 2.05) is 6.07 Å². The molecule has 0 saturated heterocycles. The molecule has 118 valence electrons. The summed E-state index contributed by atoms with van der Waals surface area (Å²) >= 11 is 0. The molecular weight excluding hydrogens is 286 g/mol. The molecule has 1 unspecified atom stereocenters. The maximum Gasteiger partial charge on any atom is 0.315 e. The van der Waals surface area contributed by atoms with E-state index < -0.39 is 0 Å². The van der Waals surface area contributed by atoms with Gasteiger partial charge in [-0.1, -0.05) is 41.5 Å². The van der Waals surface area contributed by atoms with Crippen LogP contribution in [0.15, 0.2) is 54.2 Å². The van der Waals surface area contributed by atoms with E-state index in [2.05, 4.69) is 49.2 Å². The lowest BCUT2D eigenvalue weighted by molar-refractivity contribution is -0.139. The van der Waals surface area contributed by atoms with Gasteiger partial charge in [-0.05, 0) is 44.7 Å². The van der Waals surface area contributed by atoms with E-state index in [-0.39, 0.29) is 11.9 Å². The van der Waals surface area contributed by atoms with Crippen LogP contribution in [0.3, 0.4) is 0 Å². The maximum atomic E-state index is 12.2. The fourth-order valence-electron chi connectivity index (χ4n) is 2.72. The summed E-state index contributed by atoms with van der Waals surface area (Å²) in [6, 6.07) is 12.0. The maximum absolute atomic E-state index is 12.2.